The molecule has 5 heteroatoms. The molecular formula is C19H23ClN4. The Kier molecular flexibility index (Phi) is 3.77. The largest absolute Gasteiger partial charge is 0.306 e. The Bertz CT molecular complexity index is 773. The highest BCUT2D eigenvalue weighted by atomic mass is 35.5. The third-order valence-electron chi connectivity index (χ3n) is 6.00. The van der Waals surface area contributed by atoms with Crippen molar-refractivity contribution >= 4 is 17.2 Å². The van der Waals surface area contributed by atoms with Gasteiger partial charge in [0.1, 0.15) is 0 Å². The molecule has 4 nitrogen and oxygen atoms in total. The van der Waals surface area contributed by atoms with Gasteiger partial charge in [-0.1, -0.05) is 29.5 Å². The van der Waals surface area contributed by atoms with E-state index in [-0.39, 0.29) is 5.41 Å². The Hall–Kier alpha value is -1.65. The van der Waals surface area contributed by atoms with Crippen LogP contribution in [0.3, 0.4) is 0 Å². The van der Waals surface area contributed by atoms with Gasteiger partial charge >= 0.3 is 0 Å². The van der Waals surface area contributed by atoms with Crippen LogP contribution in [0.25, 0.3) is 5.57 Å². The molecule has 2 heterocycles. The number of H-pyrrole nitrogens is 1. The number of aromatic amines is 1. The van der Waals surface area contributed by atoms with Crippen molar-refractivity contribution in [1.82, 2.24) is 20.3 Å². The monoisotopic (exact) mass is 342 g/mol. The number of likely N-dealkylation sites (tertiary alicyclic amines) is 1. The van der Waals surface area contributed by atoms with Crippen molar-refractivity contribution in [3.63, 3.8) is 0 Å². The molecular weight excluding hydrogens is 320 g/mol. The summed E-state index contributed by atoms with van der Waals surface area (Å²) in [4.78, 5) is 2.42. The minimum Gasteiger partial charge on any atom is -0.306 e. The lowest BCUT2D eigenvalue weighted by molar-refractivity contribution is 0.185. The van der Waals surface area contributed by atoms with Gasteiger partial charge in [0, 0.05) is 10.9 Å². The van der Waals surface area contributed by atoms with Gasteiger partial charge in [-0.05, 0) is 80.1 Å². The molecule has 1 aliphatic heterocycles. The van der Waals surface area contributed by atoms with E-state index in [0.717, 1.165) is 41.4 Å². The van der Waals surface area contributed by atoms with Crippen LogP contribution < -0.4 is 0 Å². The summed E-state index contributed by atoms with van der Waals surface area (Å²) >= 11 is 6.49. The van der Waals surface area contributed by atoms with Crippen LogP contribution in [0.2, 0.25) is 5.02 Å². The number of nitrogens with one attached hydrogen (secondary N) is 1. The predicted molar refractivity (Wildman–Crippen MR) is 97.4 cm³/mol. The van der Waals surface area contributed by atoms with Crippen molar-refractivity contribution in [2.75, 3.05) is 20.1 Å². The van der Waals surface area contributed by atoms with Gasteiger partial charge in [0.15, 0.2) is 0 Å². The lowest BCUT2D eigenvalue weighted by atomic mass is 9.73. The number of hydrogen-bond donors (Lipinski definition) is 1. The number of rotatable bonds is 2. The molecule has 1 atom stereocenters. The molecule has 1 aliphatic carbocycles. The molecule has 1 aromatic carbocycles. The number of hydrogen-bond acceptors (Lipinski definition) is 3. The molecule has 4 rings (SSSR count). The molecule has 0 radical (unpaired) electrons. The summed E-state index contributed by atoms with van der Waals surface area (Å²) < 4.78 is 0. The van der Waals surface area contributed by atoms with Gasteiger partial charge in [0.05, 0.1) is 11.9 Å². The number of aryl methyl sites for hydroxylation is 1. The average Bonchev–Trinajstić information content (AvgIpc) is 3.19. The van der Waals surface area contributed by atoms with Crippen LogP contribution in [0.15, 0.2) is 24.9 Å². The smallest absolute Gasteiger partial charge is 0.0813 e. The van der Waals surface area contributed by atoms with Crippen LogP contribution in [-0.2, 0) is 5.41 Å². The second kappa shape index (κ2) is 5.71. The number of halogens is 1. The number of fused-ring (bicyclic) bond motifs is 2. The van der Waals surface area contributed by atoms with Crippen LogP contribution in [0, 0.1) is 6.92 Å². The lowest BCUT2D eigenvalue weighted by Gasteiger charge is -2.39. The quantitative estimate of drug-likeness (QED) is 0.899. The fourth-order valence-electron chi connectivity index (χ4n) is 4.43. The summed E-state index contributed by atoms with van der Waals surface area (Å²) in [6, 6.07) is 4.49. The van der Waals surface area contributed by atoms with Gasteiger partial charge in [-0.3, -0.25) is 5.10 Å². The molecule has 2 aliphatic rings. The second-order valence-corrected chi connectivity index (χ2v) is 7.83. The van der Waals surface area contributed by atoms with Gasteiger partial charge in [0.25, 0.3) is 0 Å². The zero-order valence-electron chi connectivity index (χ0n) is 14.3. The number of benzene rings is 1. The van der Waals surface area contributed by atoms with E-state index in [1.54, 1.807) is 6.20 Å². The van der Waals surface area contributed by atoms with Crippen LogP contribution in [-0.4, -0.2) is 40.4 Å². The third kappa shape index (κ3) is 2.40. The zero-order chi connectivity index (χ0) is 16.9. The topological polar surface area (TPSA) is 44.8 Å². The van der Waals surface area contributed by atoms with Crippen molar-refractivity contribution in [3.05, 3.63) is 52.3 Å². The molecule has 2 aromatic rings. The summed E-state index contributed by atoms with van der Waals surface area (Å²) in [6.45, 7) is 8.72. The normalized spacial score (nSPS) is 22.7. The second-order valence-electron chi connectivity index (χ2n) is 7.42. The zero-order valence-corrected chi connectivity index (χ0v) is 15.0. The first-order chi connectivity index (χ1) is 11.5. The highest BCUT2D eigenvalue weighted by Gasteiger charge is 2.46. The summed E-state index contributed by atoms with van der Waals surface area (Å²) in [5.41, 5.74) is 6.20. The van der Waals surface area contributed by atoms with E-state index in [2.05, 4.69) is 53.0 Å². The molecule has 0 amide bonds. The molecule has 1 fully saturated rings. The SMILES string of the molecule is C=C(c1cnn[nH]1)C1CC2(CCN(C)CC2)c2cc(Cl)c(C)cc21. The average molecular weight is 343 g/mol. The van der Waals surface area contributed by atoms with Gasteiger partial charge in [-0.15, -0.1) is 5.10 Å². The van der Waals surface area contributed by atoms with E-state index in [9.17, 15) is 0 Å². The molecule has 24 heavy (non-hydrogen) atoms. The van der Waals surface area contributed by atoms with Crippen molar-refractivity contribution < 1.29 is 0 Å². The van der Waals surface area contributed by atoms with Gasteiger partial charge < -0.3 is 4.90 Å². The van der Waals surface area contributed by atoms with E-state index in [0.29, 0.717) is 5.92 Å². The van der Waals surface area contributed by atoms with E-state index >= 15 is 0 Å². The van der Waals surface area contributed by atoms with Crippen molar-refractivity contribution in [2.24, 2.45) is 0 Å². The lowest BCUT2D eigenvalue weighted by Crippen LogP contribution is -2.39. The fraction of sp³-hybridized carbons (Fsp3) is 0.474. The first-order valence-electron chi connectivity index (χ1n) is 8.54. The molecule has 1 unspecified atom stereocenters. The Labute approximate surface area is 147 Å². The highest BCUT2D eigenvalue weighted by Crippen LogP contribution is 2.55. The summed E-state index contributed by atoms with van der Waals surface area (Å²) in [5.74, 6) is 0.307. The minimum absolute atomic E-state index is 0.222. The van der Waals surface area contributed by atoms with Gasteiger partial charge in [0.2, 0.25) is 0 Å². The fourth-order valence-corrected chi connectivity index (χ4v) is 4.60. The Morgan fingerprint density at radius 2 is 2.12 bits per heavy atom. The van der Waals surface area contributed by atoms with Crippen LogP contribution in [0.1, 0.15) is 47.6 Å². The van der Waals surface area contributed by atoms with E-state index < -0.39 is 0 Å². The number of nitrogens with zero attached hydrogens (tertiary/aromatic N) is 3. The standard InChI is InChI=1S/C19H23ClN4/c1-12-8-14-15(13(2)18-11-21-23-22-18)10-19(16(14)9-17(12)20)4-6-24(3)7-5-19/h8-9,11,15H,2,4-7,10H2,1,3H3,(H,21,22,23). The molecule has 1 aromatic heterocycles. The number of piperidine rings is 1. The summed E-state index contributed by atoms with van der Waals surface area (Å²) in [5, 5.41) is 11.6. The van der Waals surface area contributed by atoms with Crippen LogP contribution in [0.4, 0.5) is 0 Å². The maximum absolute atomic E-state index is 6.49. The Balaban J connectivity index is 1.79. The van der Waals surface area contributed by atoms with Gasteiger partial charge in [-0.2, -0.15) is 0 Å². The van der Waals surface area contributed by atoms with E-state index in [4.69, 9.17) is 11.6 Å². The maximum atomic E-state index is 6.49. The molecule has 1 saturated heterocycles. The first-order valence-corrected chi connectivity index (χ1v) is 8.92. The third-order valence-corrected chi connectivity index (χ3v) is 6.41. The van der Waals surface area contributed by atoms with Crippen LogP contribution in [0.5, 0.6) is 0 Å². The van der Waals surface area contributed by atoms with E-state index in [1.807, 2.05) is 0 Å². The van der Waals surface area contributed by atoms with Crippen molar-refractivity contribution in [3.8, 4) is 0 Å². The molecule has 1 N–H and O–H groups in total. The van der Waals surface area contributed by atoms with Crippen molar-refractivity contribution in [2.45, 2.75) is 37.5 Å². The number of allylic oxidation sites excluding steroid dienone is 1. The first kappa shape index (κ1) is 15.9. The highest BCUT2D eigenvalue weighted by molar-refractivity contribution is 6.31. The maximum Gasteiger partial charge on any atom is 0.0813 e. The molecule has 0 bridgehead atoms. The van der Waals surface area contributed by atoms with Gasteiger partial charge in [-0.25, -0.2) is 0 Å². The van der Waals surface area contributed by atoms with E-state index in [1.165, 1.54) is 24.0 Å². The van der Waals surface area contributed by atoms with Crippen LogP contribution >= 0.6 is 11.6 Å². The summed E-state index contributed by atoms with van der Waals surface area (Å²) in [7, 11) is 2.21. The van der Waals surface area contributed by atoms with Crippen molar-refractivity contribution in [1.29, 1.82) is 0 Å². The Morgan fingerprint density at radius 1 is 1.38 bits per heavy atom. The predicted octanol–water partition coefficient (Wildman–Crippen LogP) is 3.93. The minimum atomic E-state index is 0.222. The molecule has 0 saturated carbocycles. The molecule has 1 spiro atoms. The summed E-state index contributed by atoms with van der Waals surface area (Å²) in [6.07, 6.45) is 5.24. The Morgan fingerprint density at radius 3 is 2.79 bits per heavy atom. The number of aromatic nitrogens is 3. The molecule has 126 valence electrons.